The monoisotopic (exact) mass is 535 g/mol. The highest BCUT2D eigenvalue weighted by Gasteiger charge is 2.32. The van der Waals surface area contributed by atoms with Gasteiger partial charge >= 0.3 is 0 Å². The Bertz CT molecular complexity index is 1110. The summed E-state index contributed by atoms with van der Waals surface area (Å²) in [6.45, 7) is 4.70. The summed E-state index contributed by atoms with van der Waals surface area (Å²) in [6.07, 6.45) is 1.77. The quantitative estimate of drug-likeness (QED) is 0.485. The number of thioether (sulfide) groups is 1. The maximum Gasteiger partial charge on any atom is 0.266 e. The fourth-order valence-corrected chi connectivity index (χ4v) is 4.70. The van der Waals surface area contributed by atoms with Crippen molar-refractivity contribution in [1.29, 1.82) is 0 Å². The Hall–Kier alpha value is -2.85. The number of likely N-dealkylation sites (N-methyl/N-ethyl adjacent to an activating group) is 1. The van der Waals surface area contributed by atoms with Crippen LogP contribution >= 0.6 is 27.7 Å². The largest absolute Gasteiger partial charge is 0.493 e. The first-order valence-corrected chi connectivity index (χ1v) is 11.8. The molecule has 1 aliphatic rings. The van der Waals surface area contributed by atoms with Gasteiger partial charge in [-0.2, -0.15) is 0 Å². The minimum absolute atomic E-state index is 0.0948. The van der Waals surface area contributed by atoms with Gasteiger partial charge in [0.1, 0.15) is 5.82 Å². The smallest absolute Gasteiger partial charge is 0.266 e. The van der Waals surface area contributed by atoms with E-state index in [0.29, 0.717) is 44.8 Å². The van der Waals surface area contributed by atoms with E-state index in [2.05, 4.69) is 26.2 Å². The molecule has 1 heterocycles. The number of ether oxygens (including phenoxy) is 2. The number of amides is 2. The summed E-state index contributed by atoms with van der Waals surface area (Å²) in [4.78, 5) is 31.5. The average molecular weight is 536 g/mol. The van der Waals surface area contributed by atoms with Crippen LogP contribution in [0.2, 0.25) is 0 Å². The molecule has 1 saturated heterocycles. The molecule has 0 atom stereocenters. The van der Waals surface area contributed by atoms with Crippen LogP contribution in [-0.4, -0.2) is 48.7 Å². The van der Waals surface area contributed by atoms with Gasteiger partial charge in [0, 0.05) is 18.8 Å². The highest BCUT2D eigenvalue weighted by Crippen LogP contribution is 2.39. The van der Waals surface area contributed by atoms with E-state index in [4.69, 9.17) is 9.47 Å². The Balaban J connectivity index is 1.75. The van der Waals surface area contributed by atoms with Crippen LogP contribution in [0.1, 0.15) is 19.4 Å². The molecule has 1 fully saturated rings. The van der Waals surface area contributed by atoms with Crippen molar-refractivity contribution in [3.05, 3.63) is 57.2 Å². The van der Waals surface area contributed by atoms with Gasteiger partial charge in [0.25, 0.3) is 11.8 Å². The molecule has 0 spiro atoms. The normalized spacial score (nSPS) is 15.9. The molecule has 0 unspecified atom stereocenters. The van der Waals surface area contributed by atoms with E-state index in [1.807, 2.05) is 13.8 Å². The molecule has 0 aromatic heterocycles. The zero-order chi connectivity index (χ0) is 24.0. The van der Waals surface area contributed by atoms with Gasteiger partial charge in [-0.25, -0.2) is 4.39 Å². The zero-order valence-electron chi connectivity index (χ0n) is 18.4. The van der Waals surface area contributed by atoms with Crippen molar-refractivity contribution >= 4 is 56.4 Å². The molecule has 10 heteroatoms. The SMILES string of the molecule is CCN=C1S/C(=C/c2cc(Br)c(OCC(=O)Nc3ccc(F)cc3)c(OC)c2)C(=O)N1CC. The standard InChI is InChI=1S/C23H23BrFN3O4S/c1-4-26-23-28(5-2)22(30)19(33-23)12-14-10-17(24)21(18(11-14)31-3)32-13-20(29)27-16-8-6-15(25)7-9-16/h6-12H,4-5,13H2,1-3H3,(H,27,29)/b19-12+,26-23?. The number of carbonyl (C=O) groups is 2. The van der Waals surface area contributed by atoms with E-state index < -0.39 is 5.91 Å². The van der Waals surface area contributed by atoms with Gasteiger partial charge in [0.15, 0.2) is 23.3 Å². The van der Waals surface area contributed by atoms with Gasteiger partial charge in [0.05, 0.1) is 16.5 Å². The zero-order valence-corrected chi connectivity index (χ0v) is 20.8. The first kappa shape index (κ1) is 24.8. The lowest BCUT2D eigenvalue weighted by Crippen LogP contribution is -2.28. The number of aliphatic imine (C=N–C) groups is 1. The molecule has 0 saturated carbocycles. The third-order valence-corrected chi connectivity index (χ3v) is 6.16. The Kier molecular flexibility index (Phi) is 8.51. The summed E-state index contributed by atoms with van der Waals surface area (Å²) in [6, 6.07) is 8.95. The van der Waals surface area contributed by atoms with Crippen LogP contribution in [0.4, 0.5) is 10.1 Å². The number of hydrogen-bond acceptors (Lipinski definition) is 6. The summed E-state index contributed by atoms with van der Waals surface area (Å²) in [5.41, 5.74) is 1.19. The van der Waals surface area contributed by atoms with Crippen LogP contribution in [-0.2, 0) is 9.59 Å². The van der Waals surface area contributed by atoms with Crippen LogP contribution in [0.25, 0.3) is 6.08 Å². The van der Waals surface area contributed by atoms with Crippen molar-refractivity contribution in [2.75, 3.05) is 32.1 Å². The van der Waals surface area contributed by atoms with E-state index in [1.54, 1.807) is 23.1 Å². The maximum atomic E-state index is 13.0. The number of anilines is 1. The topological polar surface area (TPSA) is 80.2 Å². The van der Waals surface area contributed by atoms with Crippen molar-refractivity contribution in [2.45, 2.75) is 13.8 Å². The molecule has 0 radical (unpaired) electrons. The highest BCUT2D eigenvalue weighted by molar-refractivity contribution is 9.10. The Morgan fingerprint density at radius 2 is 2.00 bits per heavy atom. The summed E-state index contributed by atoms with van der Waals surface area (Å²) in [7, 11) is 1.49. The van der Waals surface area contributed by atoms with Crippen LogP contribution in [0, 0.1) is 5.82 Å². The lowest BCUT2D eigenvalue weighted by atomic mass is 10.2. The molecule has 0 aliphatic carbocycles. The molecule has 3 rings (SSSR count). The number of methoxy groups -OCH3 is 1. The number of rotatable bonds is 8. The fraction of sp³-hybridized carbons (Fsp3) is 0.261. The van der Waals surface area contributed by atoms with Crippen molar-refractivity contribution in [2.24, 2.45) is 4.99 Å². The molecule has 0 bridgehead atoms. The second-order valence-corrected chi connectivity index (χ2v) is 8.66. The number of halogens is 2. The van der Waals surface area contributed by atoms with E-state index in [9.17, 15) is 14.0 Å². The van der Waals surface area contributed by atoms with E-state index in [1.165, 1.54) is 43.1 Å². The minimum Gasteiger partial charge on any atom is -0.493 e. The molecular formula is C23H23BrFN3O4S. The number of carbonyl (C=O) groups excluding carboxylic acids is 2. The Labute approximate surface area is 204 Å². The minimum atomic E-state index is -0.405. The van der Waals surface area contributed by atoms with Crippen LogP contribution in [0.15, 0.2) is 50.8 Å². The Morgan fingerprint density at radius 1 is 1.27 bits per heavy atom. The predicted octanol–water partition coefficient (Wildman–Crippen LogP) is 4.93. The van der Waals surface area contributed by atoms with E-state index in [-0.39, 0.29) is 18.3 Å². The van der Waals surface area contributed by atoms with Crippen molar-refractivity contribution in [1.82, 2.24) is 4.90 Å². The van der Waals surface area contributed by atoms with Crippen molar-refractivity contribution < 1.29 is 23.5 Å². The van der Waals surface area contributed by atoms with Gasteiger partial charge < -0.3 is 14.8 Å². The average Bonchev–Trinajstić information content (AvgIpc) is 3.08. The summed E-state index contributed by atoms with van der Waals surface area (Å²) in [5, 5.41) is 3.32. The molecule has 1 N–H and O–H groups in total. The molecule has 174 valence electrons. The lowest BCUT2D eigenvalue weighted by molar-refractivity contribution is -0.122. The predicted molar refractivity (Wildman–Crippen MR) is 132 cm³/mol. The molecule has 2 amide bonds. The number of benzene rings is 2. The molecule has 1 aliphatic heterocycles. The third-order valence-electron chi connectivity index (χ3n) is 4.52. The second-order valence-electron chi connectivity index (χ2n) is 6.79. The Morgan fingerprint density at radius 3 is 2.64 bits per heavy atom. The van der Waals surface area contributed by atoms with Crippen LogP contribution in [0.5, 0.6) is 11.5 Å². The van der Waals surface area contributed by atoms with Gasteiger partial charge in [-0.15, -0.1) is 0 Å². The molecular weight excluding hydrogens is 513 g/mol. The highest BCUT2D eigenvalue weighted by atomic mass is 79.9. The number of nitrogens with one attached hydrogen (secondary N) is 1. The van der Waals surface area contributed by atoms with Crippen molar-refractivity contribution in [3.8, 4) is 11.5 Å². The molecule has 2 aromatic carbocycles. The van der Waals surface area contributed by atoms with Crippen LogP contribution < -0.4 is 14.8 Å². The van der Waals surface area contributed by atoms with Crippen molar-refractivity contribution in [3.63, 3.8) is 0 Å². The van der Waals surface area contributed by atoms with Crippen LogP contribution in [0.3, 0.4) is 0 Å². The van der Waals surface area contributed by atoms with E-state index in [0.717, 1.165) is 5.56 Å². The lowest BCUT2D eigenvalue weighted by Gasteiger charge is -2.14. The first-order valence-electron chi connectivity index (χ1n) is 10.2. The molecule has 7 nitrogen and oxygen atoms in total. The van der Waals surface area contributed by atoms with E-state index >= 15 is 0 Å². The van der Waals surface area contributed by atoms with Gasteiger partial charge in [0.2, 0.25) is 0 Å². The first-order chi connectivity index (χ1) is 15.9. The molecule has 33 heavy (non-hydrogen) atoms. The molecule has 2 aromatic rings. The van der Waals surface area contributed by atoms with Gasteiger partial charge in [-0.05, 0) is 89.6 Å². The fourth-order valence-electron chi connectivity index (χ4n) is 3.02. The number of hydrogen-bond donors (Lipinski definition) is 1. The number of nitrogens with zero attached hydrogens (tertiary/aromatic N) is 2. The summed E-state index contributed by atoms with van der Waals surface area (Å²) < 4.78 is 24.7. The maximum absolute atomic E-state index is 13.0. The summed E-state index contributed by atoms with van der Waals surface area (Å²) >= 11 is 4.79. The van der Waals surface area contributed by atoms with Gasteiger partial charge in [-0.3, -0.25) is 19.5 Å². The van der Waals surface area contributed by atoms with Gasteiger partial charge in [-0.1, -0.05) is 0 Å². The third kappa shape index (κ3) is 6.14. The second kappa shape index (κ2) is 11.3. The summed E-state index contributed by atoms with van der Waals surface area (Å²) in [5.74, 6) is -0.139. The number of amidine groups is 1.